The minimum atomic E-state index is -0.558. The molecule has 3 N–H and O–H groups in total. The van der Waals surface area contributed by atoms with Crippen LogP contribution in [0.15, 0.2) is 42.5 Å². The number of hydrogen-bond acceptors (Lipinski definition) is 6. The van der Waals surface area contributed by atoms with Crippen molar-refractivity contribution in [3.63, 3.8) is 0 Å². The van der Waals surface area contributed by atoms with Crippen LogP contribution in [0.25, 0.3) is 11.3 Å². The van der Waals surface area contributed by atoms with Crippen molar-refractivity contribution < 1.29 is 18.7 Å². The number of aromatic nitrogens is 2. The number of nitriles is 1. The summed E-state index contributed by atoms with van der Waals surface area (Å²) in [6.45, 7) is 1.16. The molecule has 2 heterocycles. The van der Waals surface area contributed by atoms with E-state index in [4.69, 9.17) is 15.2 Å². The van der Waals surface area contributed by atoms with Gasteiger partial charge in [-0.2, -0.15) is 10.4 Å². The summed E-state index contributed by atoms with van der Waals surface area (Å²) in [5, 5.41) is 16.7. The van der Waals surface area contributed by atoms with E-state index in [0.29, 0.717) is 30.1 Å². The van der Waals surface area contributed by atoms with Crippen LogP contribution in [-0.2, 0) is 11.3 Å². The summed E-state index contributed by atoms with van der Waals surface area (Å²) in [5.74, 6) is -0.233. The molecule has 0 spiro atoms. The molecule has 164 valence electrons. The lowest BCUT2D eigenvalue weighted by Crippen LogP contribution is -2.23. The Bertz CT molecular complexity index is 1190. The zero-order valence-electron chi connectivity index (χ0n) is 17.5. The first kappa shape index (κ1) is 21.3. The Morgan fingerprint density at radius 3 is 2.91 bits per heavy atom. The first-order valence-electron chi connectivity index (χ1n) is 10.1. The Labute approximate surface area is 184 Å². The number of carbonyl (C=O) groups excluding carboxylic acids is 1. The Hall–Kier alpha value is -3.90. The van der Waals surface area contributed by atoms with E-state index < -0.39 is 5.82 Å². The summed E-state index contributed by atoms with van der Waals surface area (Å²) in [6, 6.07) is 13.3. The Kier molecular flexibility index (Phi) is 6.05. The summed E-state index contributed by atoms with van der Waals surface area (Å²) in [5.41, 5.74) is 7.56. The number of benzene rings is 2. The molecule has 8 nitrogen and oxygen atoms in total. The molecule has 1 saturated heterocycles. The molecule has 2 aromatic carbocycles. The molecule has 0 saturated carbocycles. The van der Waals surface area contributed by atoms with E-state index in [-0.39, 0.29) is 41.1 Å². The van der Waals surface area contributed by atoms with Gasteiger partial charge in [-0.25, -0.2) is 9.07 Å². The summed E-state index contributed by atoms with van der Waals surface area (Å²) >= 11 is 0. The average molecular weight is 435 g/mol. The van der Waals surface area contributed by atoms with E-state index >= 15 is 0 Å². The van der Waals surface area contributed by atoms with Gasteiger partial charge in [0.25, 0.3) is 5.91 Å². The highest BCUT2D eigenvalue weighted by Gasteiger charge is 2.26. The maximum atomic E-state index is 15.0. The Balaban J connectivity index is 1.55. The van der Waals surface area contributed by atoms with Crippen molar-refractivity contribution >= 4 is 11.7 Å². The lowest BCUT2D eigenvalue weighted by molar-refractivity contribution is 0.0948. The van der Waals surface area contributed by atoms with Crippen molar-refractivity contribution in [1.29, 1.82) is 5.26 Å². The molecule has 1 aliphatic rings. The summed E-state index contributed by atoms with van der Waals surface area (Å²) in [6.07, 6.45) is 0.726. The van der Waals surface area contributed by atoms with Crippen LogP contribution in [-0.4, -0.2) is 36.0 Å². The van der Waals surface area contributed by atoms with Crippen LogP contribution >= 0.6 is 0 Å². The van der Waals surface area contributed by atoms with Gasteiger partial charge < -0.3 is 20.5 Å². The van der Waals surface area contributed by atoms with E-state index in [2.05, 4.69) is 10.4 Å². The van der Waals surface area contributed by atoms with Crippen molar-refractivity contribution in [2.45, 2.75) is 19.0 Å². The summed E-state index contributed by atoms with van der Waals surface area (Å²) in [7, 11) is 1.49. The van der Waals surface area contributed by atoms with E-state index in [9.17, 15) is 14.4 Å². The van der Waals surface area contributed by atoms with Crippen LogP contribution in [0.5, 0.6) is 5.75 Å². The zero-order chi connectivity index (χ0) is 22.7. The topological polar surface area (TPSA) is 115 Å². The SMILES string of the molecule is COc1ccccc1C(=O)NCc1ccc(-c2nn(C3CCOC3)c(N)c2C#N)c(F)c1. The average Bonchev–Trinajstić information content (AvgIpc) is 3.45. The number of nitrogens with two attached hydrogens (primary N) is 1. The number of amides is 1. The third-order valence-electron chi connectivity index (χ3n) is 5.40. The van der Waals surface area contributed by atoms with Crippen molar-refractivity contribution in [1.82, 2.24) is 15.1 Å². The molecule has 1 aliphatic heterocycles. The van der Waals surface area contributed by atoms with E-state index in [1.807, 2.05) is 6.07 Å². The lowest BCUT2D eigenvalue weighted by Gasteiger charge is -2.10. The number of anilines is 1. The number of ether oxygens (including phenoxy) is 2. The molecule has 9 heteroatoms. The van der Waals surface area contributed by atoms with Gasteiger partial charge in [0.1, 0.15) is 34.7 Å². The number of nitrogens with zero attached hydrogens (tertiary/aromatic N) is 3. The van der Waals surface area contributed by atoms with Crippen molar-refractivity contribution in [3.05, 3.63) is 65.0 Å². The molecule has 0 bridgehead atoms. The van der Waals surface area contributed by atoms with E-state index in [1.165, 1.54) is 19.2 Å². The molecule has 4 rings (SSSR count). The van der Waals surface area contributed by atoms with Gasteiger partial charge in [-0.15, -0.1) is 0 Å². The van der Waals surface area contributed by atoms with Gasteiger partial charge in [0.15, 0.2) is 0 Å². The van der Waals surface area contributed by atoms with Crippen molar-refractivity contribution in [3.8, 4) is 23.1 Å². The fraction of sp³-hybridized carbons (Fsp3) is 0.261. The highest BCUT2D eigenvalue weighted by molar-refractivity contribution is 5.96. The van der Waals surface area contributed by atoms with Gasteiger partial charge in [-0.1, -0.05) is 18.2 Å². The molecular weight excluding hydrogens is 413 g/mol. The fourth-order valence-corrected chi connectivity index (χ4v) is 3.71. The van der Waals surface area contributed by atoms with Crippen molar-refractivity contribution in [2.75, 3.05) is 26.1 Å². The highest BCUT2D eigenvalue weighted by atomic mass is 19.1. The van der Waals surface area contributed by atoms with Gasteiger partial charge in [-0.3, -0.25) is 4.79 Å². The van der Waals surface area contributed by atoms with E-state index in [1.54, 1.807) is 35.0 Å². The molecule has 1 amide bonds. The van der Waals surface area contributed by atoms with Crippen LogP contribution in [0.1, 0.15) is 33.9 Å². The third-order valence-corrected chi connectivity index (χ3v) is 5.40. The first-order chi connectivity index (χ1) is 15.5. The molecule has 32 heavy (non-hydrogen) atoms. The molecule has 1 unspecified atom stereocenters. The second-order valence-corrected chi connectivity index (χ2v) is 7.38. The lowest BCUT2D eigenvalue weighted by atomic mass is 10.0. The van der Waals surface area contributed by atoms with Crippen LogP contribution in [0, 0.1) is 17.1 Å². The van der Waals surface area contributed by atoms with Crippen molar-refractivity contribution in [2.24, 2.45) is 0 Å². The normalized spacial score (nSPS) is 15.3. The van der Waals surface area contributed by atoms with E-state index in [0.717, 1.165) is 6.42 Å². The third kappa shape index (κ3) is 4.00. The number of hydrogen-bond donors (Lipinski definition) is 2. The minimum absolute atomic E-state index is 0.0802. The Morgan fingerprint density at radius 2 is 2.22 bits per heavy atom. The predicted octanol–water partition coefficient (Wildman–Crippen LogP) is 3.04. The first-order valence-corrected chi connectivity index (χ1v) is 10.1. The Morgan fingerprint density at radius 1 is 1.41 bits per heavy atom. The molecule has 1 atom stereocenters. The molecule has 0 radical (unpaired) electrons. The maximum absolute atomic E-state index is 15.0. The molecule has 0 aliphatic carbocycles. The van der Waals surface area contributed by atoms with Gasteiger partial charge in [0, 0.05) is 18.7 Å². The van der Waals surface area contributed by atoms with Crippen LogP contribution < -0.4 is 15.8 Å². The summed E-state index contributed by atoms with van der Waals surface area (Å²) in [4.78, 5) is 12.5. The molecule has 1 fully saturated rings. The van der Waals surface area contributed by atoms with Gasteiger partial charge in [0.2, 0.25) is 0 Å². The van der Waals surface area contributed by atoms with Gasteiger partial charge >= 0.3 is 0 Å². The number of rotatable bonds is 6. The fourth-order valence-electron chi connectivity index (χ4n) is 3.71. The number of nitrogen functional groups attached to an aromatic ring is 1. The predicted molar refractivity (Wildman–Crippen MR) is 115 cm³/mol. The largest absolute Gasteiger partial charge is 0.496 e. The quantitative estimate of drug-likeness (QED) is 0.615. The summed E-state index contributed by atoms with van der Waals surface area (Å²) < 4.78 is 27.1. The molecular formula is C23H22FN5O3. The monoisotopic (exact) mass is 435 g/mol. The number of methoxy groups -OCH3 is 1. The van der Waals surface area contributed by atoms with Crippen LogP contribution in [0.2, 0.25) is 0 Å². The number of carbonyl (C=O) groups is 1. The standard InChI is InChI=1S/C23H22FN5O3/c1-31-20-5-3-2-4-17(20)23(30)27-12-14-6-7-16(19(24)10-14)21-18(11-25)22(26)29(28-21)15-8-9-32-13-15/h2-7,10,15H,8-9,12-13,26H2,1H3,(H,27,30). The number of para-hydroxylation sites is 1. The molecule has 1 aromatic heterocycles. The van der Waals surface area contributed by atoms with Gasteiger partial charge in [0.05, 0.1) is 25.3 Å². The smallest absolute Gasteiger partial charge is 0.255 e. The number of nitrogens with one attached hydrogen (secondary N) is 1. The van der Waals surface area contributed by atoms with Gasteiger partial charge in [-0.05, 0) is 36.2 Å². The zero-order valence-corrected chi connectivity index (χ0v) is 17.5. The second kappa shape index (κ2) is 9.08. The molecule has 3 aromatic rings. The maximum Gasteiger partial charge on any atom is 0.255 e. The van der Waals surface area contributed by atoms with Crippen LogP contribution in [0.4, 0.5) is 10.2 Å². The number of halogens is 1. The van der Waals surface area contributed by atoms with Crippen LogP contribution in [0.3, 0.4) is 0 Å². The second-order valence-electron chi connectivity index (χ2n) is 7.38. The minimum Gasteiger partial charge on any atom is -0.496 e. The highest BCUT2D eigenvalue weighted by Crippen LogP contribution is 2.32.